The number of phenolic OH excluding ortho intramolecular Hbond substituents is 1. The molecule has 2 aromatic heterocycles. The fourth-order valence-electron chi connectivity index (χ4n) is 4.82. The minimum atomic E-state index is -0.721. The molecule has 4 heterocycles. The van der Waals surface area contributed by atoms with Gasteiger partial charge in [0, 0.05) is 37.1 Å². The number of imidazole rings is 1. The molecule has 0 aliphatic carbocycles. The number of alkyl halides is 1. The normalized spacial score (nSPS) is 17.4. The Morgan fingerprint density at radius 2 is 1.85 bits per heavy atom. The number of carbonyl (C=O) groups excluding carboxylic acids is 1. The lowest BCUT2D eigenvalue weighted by molar-refractivity contribution is -0.110. The molecule has 2 N–H and O–H groups in total. The molecule has 2 saturated heterocycles. The summed E-state index contributed by atoms with van der Waals surface area (Å²) < 4.78 is 27.0. The second-order valence-corrected chi connectivity index (χ2v) is 10.7. The summed E-state index contributed by atoms with van der Waals surface area (Å²) in [5.74, 6) is 0.909. The van der Waals surface area contributed by atoms with Crippen LogP contribution in [0.3, 0.4) is 0 Å². The number of aryl methyl sites for hydroxylation is 1. The number of phenols is 1. The molecule has 2 aliphatic heterocycles. The number of likely N-dealkylation sites (tertiary alicyclic amines) is 1. The molecule has 0 saturated carbocycles. The Labute approximate surface area is 244 Å². The zero-order valence-electron chi connectivity index (χ0n) is 23.0. The summed E-state index contributed by atoms with van der Waals surface area (Å²) in [6, 6.07) is 17.6. The molecule has 4 aromatic rings. The van der Waals surface area contributed by atoms with Gasteiger partial charge in [-0.3, -0.25) is 9.69 Å². The number of benzene rings is 2. The Morgan fingerprint density at radius 1 is 1.07 bits per heavy atom. The summed E-state index contributed by atoms with van der Waals surface area (Å²) in [5, 5.41) is 16.7. The zero-order valence-corrected chi connectivity index (χ0v) is 23.9. The minimum Gasteiger partial charge on any atom is -0.508 e. The Balaban J connectivity index is 0.000000151. The Bertz CT molecular complexity index is 1400. The number of rotatable bonds is 5. The molecule has 218 valence electrons. The molecule has 1 amide bonds. The third-order valence-electron chi connectivity index (χ3n) is 6.99. The molecule has 1 unspecified atom stereocenters. The average Bonchev–Trinajstić information content (AvgIpc) is 3.56. The molecule has 2 fully saturated rings. The fraction of sp³-hybridized carbons (Fsp3) is 0.367. The van der Waals surface area contributed by atoms with Crippen molar-refractivity contribution in [1.82, 2.24) is 24.8 Å². The predicted molar refractivity (Wildman–Crippen MR) is 159 cm³/mol. The highest BCUT2D eigenvalue weighted by Gasteiger charge is 2.23. The highest BCUT2D eigenvalue weighted by Crippen LogP contribution is 2.20. The number of aromatic nitrogens is 3. The summed E-state index contributed by atoms with van der Waals surface area (Å²) in [7, 11) is 0. The van der Waals surface area contributed by atoms with Gasteiger partial charge in [-0.05, 0) is 74.2 Å². The predicted octanol–water partition coefficient (Wildman–Crippen LogP) is 4.80. The summed E-state index contributed by atoms with van der Waals surface area (Å²) >= 11 is 3.91. The van der Waals surface area contributed by atoms with E-state index in [9.17, 15) is 18.7 Å². The summed E-state index contributed by atoms with van der Waals surface area (Å²) in [4.78, 5) is 19.5. The van der Waals surface area contributed by atoms with Crippen LogP contribution in [-0.4, -0.2) is 69.4 Å². The van der Waals surface area contributed by atoms with Crippen LogP contribution < -0.4 is 10.2 Å². The van der Waals surface area contributed by atoms with Crippen molar-refractivity contribution in [3.63, 3.8) is 0 Å². The van der Waals surface area contributed by atoms with Gasteiger partial charge in [0.25, 0.3) is 0 Å². The Morgan fingerprint density at radius 3 is 2.49 bits per heavy atom. The Kier molecular flexibility index (Phi) is 10.9. The van der Waals surface area contributed by atoms with Crippen LogP contribution in [0, 0.1) is 12.7 Å². The summed E-state index contributed by atoms with van der Waals surface area (Å²) in [5.41, 5.74) is 2.96. The van der Waals surface area contributed by atoms with Gasteiger partial charge < -0.3 is 15.3 Å². The highest BCUT2D eigenvalue weighted by atomic mass is 32.1. The SMILES string of the molecule is Cc1cnc2ccc(N3CCC(F)C3)nn12.Fc1cccc(S)c1.O=CNC1CCN(Cc2cccc(O)c2)CC1. The molecule has 41 heavy (non-hydrogen) atoms. The van der Waals surface area contributed by atoms with E-state index in [-0.39, 0.29) is 5.82 Å². The summed E-state index contributed by atoms with van der Waals surface area (Å²) in [6.07, 6.45) is 4.45. The van der Waals surface area contributed by atoms with E-state index in [0.717, 1.165) is 68.2 Å². The molecule has 0 radical (unpaired) electrons. The number of hydrogen-bond donors (Lipinski definition) is 3. The molecule has 2 aromatic carbocycles. The number of nitrogens with one attached hydrogen (secondary N) is 1. The molecule has 2 aliphatic rings. The molecule has 6 rings (SSSR count). The molecule has 0 bridgehead atoms. The molecular weight excluding hydrogens is 546 g/mol. The van der Waals surface area contributed by atoms with Gasteiger partial charge in [0.2, 0.25) is 6.41 Å². The maximum atomic E-state index is 13.1. The monoisotopic (exact) mass is 582 g/mol. The van der Waals surface area contributed by atoms with Crippen LogP contribution in [-0.2, 0) is 11.3 Å². The number of anilines is 1. The third kappa shape index (κ3) is 9.15. The number of carbonyl (C=O) groups is 1. The van der Waals surface area contributed by atoms with E-state index >= 15 is 0 Å². The lowest BCUT2D eigenvalue weighted by Crippen LogP contribution is -2.41. The zero-order chi connectivity index (χ0) is 29.2. The van der Waals surface area contributed by atoms with Gasteiger partial charge in [-0.1, -0.05) is 18.2 Å². The summed E-state index contributed by atoms with van der Waals surface area (Å²) in [6.45, 7) is 5.99. The molecular formula is C30H36F2N6O2S. The number of hydrogen-bond acceptors (Lipinski definition) is 7. The van der Waals surface area contributed by atoms with Gasteiger partial charge >= 0.3 is 0 Å². The van der Waals surface area contributed by atoms with Crippen molar-refractivity contribution >= 4 is 30.5 Å². The van der Waals surface area contributed by atoms with Crippen LogP contribution in [0.4, 0.5) is 14.6 Å². The van der Waals surface area contributed by atoms with Crippen LogP contribution in [0.1, 0.15) is 30.5 Å². The second-order valence-electron chi connectivity index (χ2n) is 10.2. The van der Waals surface area contributed by atoms with E-state index in [2.05, 4.69) is 32.9 Å². The van der Waals surface area contributed by atoms with E-state index in [0.29, 0.717) is 29.7 Å². The average molecular weight is 583 g/mol. The number of nitrogens with zero attached hydrogens (tertiary/aromatic N) is 5. The van der Waals surface area contributed by atoms with Crippen molar-refractivity contribution in [1.29, 1.82) is 0 Å². The number of fused-ring (bicyclic) bond motifs is 1. The van der Waals surface area contributed by atoms with Gasteiger partial charge in [0.05, 0.1) is 18.4 Å². The number of halogens is 2. The van der Waals surface area contributed by atoms with E-state index in [1.54, 1.807) is 35.0 Å². The van der Waals surface area contributed by atoms with E-state index < -0.39 is 6.17 Å². The van der Waals surface area contributed by atoms with Crippen LogP contribution in [0.25, 0.3) is 5.65 Å². The van der Waals surface area contributed by atoms with Gasteiger partial charge in [-0.2, -0.15) is 0 Å². The van der Waals surface area contributed by atoms with Crippen molar-refractivity contribution in [3.05, 3.63) is 83.9 Å². The smallest absolute Gasteiger partial charge is 0.207 e. The van der Waals surface area contributed by atoms with Crippen molar-refractivity contribution < 1.29 is 18.7 Å². The second kappa shape index (κ2) is 14.8. The first-order valence-electron chi connectivity index (χ1n) is 13.7. The molecule has 11 heteroatoms. The largest absolute Gasteiger partial charge is 0.508 e. The van der Waals surface area contributed by atoms with Crippen LogP contribution in [0.5, 0.6) is 5.75 Å². The van der Waals surface area contributed by atoms with Crippen LogP contribution >= 0.6 is 12.6 Å². The van der Waals surface area contributed by atoms with Crippen molar-refractivity contribution in [2.45, 2.75) is 49.8 Å². The van der Waals surface area contributed by atoms with E-state index in [1.165, 1.54) is 12.1 Å². The lowest BCUT2D eigenvalue weighted by atomic mass is 10.0. The van der Waals surface area contributed by atoms with Gasteiger partial charge in [0.15, 0.2) is 5.65 Å². The number of thiol groups is 1. The van der Waals surface area contributed by atoms with Crippen LogP contribution in [0.15, 0.2) is 71.8 Å². The first-order chi connectivity index (χ1) is 19.8. The first-order valence-corrected chi connectivity index (χ1v) is 14.1. The van der Waals surface area contributed by atoms with Crippen molar-refractivity contribution in [2.24, 2.45) is 0 Å². The third-order valence-corrected chi connectivity index (χ3v) is 7.27. The minimum absolute atomic E-state index is 0.238. The molecule has 1 atom stereocenters. The standard InChI is InChI=1S/C13H18N2O2.C11H13FN4.C6H5FS/c16-10-14-12-4-6-15(7-5-12)9-11-2-1-3-13(17)8-11;1-8-6-13-10-2-3-11(14-16(8)10)15-5-4-9(12)7-15;7-5-2-1-3-6(8)4-5/h1-3,8,10,12,17H,4-7,9H2,(H,14,16);2-3,6,9H,4-5,7H2,1H3;1-4,8H. The van der Waals surface area contributed by atoms with Gasteiger partial charge in [0.1, 0.15) is 23.6 Å². The quantitative estimate of drug-likeness (QED) is 0.232. The van der Waals surface area contributed by atoms with E-state index in [4.69, 9.17) is 0 Å². The van der Waals surface area contributed by atoms with Gasteiger partial charge in [-0.25, -0.2) is 18.3 Å². The maximum absolute atomic E-state index is 13.1. The molecule has 8 nitrogen and oxygen atoms in total. The number of piperidine rings is 1. The van der Waals surface area contributed by atoms with Crippen molar-refractivity contribution in [2.75, 3.05) is 31.1 Å². The number of aromatic hydroxyl groups is 1. The van der Waals surface area contributed by atoms with Crippen molar-refractivity contribution in [3.8, 4) is 5.75 Å². The Hall–Kier alpha value is -3.70. The van der Waals surface area contributed by atoms with Gasteiger partial charge in [-0.15, -0.1) is 17.7 Å². The number of amides is 1. The molecule has 0 spiro atoms. The van der Waals surface area contributed by atoms with Crippen LogP contribution in [0.2, 0.25) is 0 Å². The maximum Gasteiger partial charge on any atom is 0.207 e. The first kappa shape index (κ1) is 30.3. The topological polar surface area (TPSA) is 86.0 Å². The fourth-order valence-corrected chi connectivity index (χ4v) is 5.03. The lowest BCUT2D eigenvalue weighted by Gasteiger charge is -2.31. The highest BCUT2D eigenvalue weighted by molar-refractivity contribution is 7.80. The van der Waals surface area contributed by atoms with E-state index in [1.807, 2.05) is 36.1 Å².